The van der Waals surface area contributed by atoms with Gasteiger partial charge in [-0.2, -0.15) is 0 Å². The second-order valence-electron chi connectivity index (χ2n) is 5.26. The highest BCUT2D eigenvalue weighted by Crippen LogP contribution is 2.28. The first-order chi connectivity index (χ1) is 10.6. The van der Waals surface area contributed by atoms with Crippen molar-refractivity contribution in [1.29, 1.82) is 0 Å². The number of ether oxygens (including phenoxy) is 1. The van der Waals surface area contributed by atoms with Crippen LogP contribution in [0.5, 0.6) is 0 Å². The Bertz CT molecular complexity index is 601. The van der Waals surface area contributed by atoms with E-state index in [1.807, 2.05) is 26.0 Å². The summed E-state index contributed by atoms with van der Waals surface area (Å²) in [7, 11) is 1.62. The Morgan fingerprint density at radius 3 is 2.68 bits per heavy atom. The van der Waals surface area contributed by atoms with E-state index in [0.717, 1.165) is 10.6 Å². The summed E-state index contributed by atoms with van der Waals surface area (Å²) in [5, 5.41) is 9.74. The molecule has 0 aliphatic carbocycles. The average Bonchev–Trinajstić information content (AvgIpc) is 2.97. The minimum atomic E-state index is 0.0458. The molecule has 0 aliphatic rings. The van der Waals surface area contributed by atoms with E-state index in [0.29, 0.717) is 30.6 Å². The lowest BCUT2D eigenvalue weighted by atomic mass is 10.1. The fraction of sp³-hybridized carbons (Fsp3) is 0.467. The Labute approximate surface area is 134 Å². The third-order valence-electron chi connectivity index (χ3n) is 2.98. The maximum atomic E-state index is 12.4. The van der Waals surface area contributed by atoms with E-state index < -0.39 is 0 Å². The van der Waals surface area contributed by atoms with Crippen molar-refractivity contribution in [2.75, 3.05) is 25.2 Å². The summed E-state index contributed by atoms with van der Waals surface area (Å²) >= 11 is 1.40. The molecule has 0 aromatic carbocycles. The van der Waals surface area contributed by atoms with Crippen LogP contribution in [-0.4, -0.2) is 41.3 Å². The molecule has 0 N–H and O–H groups in total. The molecule has 2 rings (SSSR count). The number of carbonyl (C=O) groups excluding carboxylic acids is 1. The van der Waals surface area contributed by atoms with Gasteiger partial charge in [-0.3, -0.25) is 14.7 Å². The molecule has 1 amide bonds. The summed E-state index contributed by atoms with van der Waals surface area (Å²) in [5.74, 6) is 0.342. The van der Waals surface area contributed by atoms with Crippen LogP contribution in [0.4, 0.5) is 5.13 Å². The maximum absolute atomic E-state index is 12.4. The largest absolute Gasteiger partial charge is 0.383 e. The smallest absolute Gasteiger partial charge is 0.229 e. The van der Waals surface area contributed by atoms with Crippen molar-refractivity contribution in [1.82, 2.24) is 15.2 Å². The maximum Gasteiger partial charge on any atom is 0.229 e. The van der Waals surface area contributed by atoms with Crippen molar-refractivity contribution < 1.29 is 9.53 Å². The molecule has 2 heterocycles. The molecular weight excluding hydrogens is 300 g/mol. The molecule has 0 aliphatic heterocycles. The van der Waals surface area contributed by atoms with Gasteiger partial charge < -0.3 is 4.74 Å². The van der Waals surface area contributed by atoms with E-state index >= 15 is 0 Å². The monoisotopic (exact) mass is 320 g/mol. The van der Waals surface area contributed by atoms with Gasteiger partial charge in [-0.15, -0.1) is 10.2 Å². The molecule has 0 spiro atoms. The average molecular weight is 320 g/mol. The predicted molar refractivity (Wildman–Crippen MR) is 86.8 cm³/mol. The lowest BCUT2D eigenvalue weighted by Gasteiger charge is -2.19. The Hall–Kier alpha value is -1.86. The number of nitrogens with zero attached hydrogens (tertiary/aromatic N) is 4. The van der Waals surface area contributed by atoms with Crippen LogP contribution in [0.15, 0.2) is 24.5 Å². The fourth-order valence-electron chi connectivity index (χ4n) is 1.90. The molecule has 6 nitrogen and oxygen atoms in total. The van der Waals surface area contributed by atoms with E-state index in [9.17, 15) is 4.79 Å². The quantitative estimate of drug-likeness (QED) is 0.784. The van der Waals surface area contributed by atoms with Gasteiger partial charge in [-0.05, 0) is 18.1 Å². The van der Waals surface area contributed by atoms with Crippen LogP contribution < -0.4 is 4.90 Å². The van der Waals surface area contributed by atoms with Crippen LogP contribution >= 0.6 is 11.3 Å². The van der Waals surface area contributed by atoms with Gasteiger partial charge in [0, 0.05) is 31.5 Å². The number of carbonyl (C=O) groups is 1. The van der Waals surface area contributed by atoms with Crippen LogP contribution in [0.1, 0.15) is 20.3 Å². The molecule has 0 bridgehead atoms. The van der Waals surface area contributed by atoms with Crippen molar-refractivity contribution in [3.63, 3.8) is 0 Å². The summed E-state index contributed by atoms with van der Waals surface area (Å²) in [6.07, 6.45) is 3.90. The first-order valence-corrected chi connectivity index (χ1v) is 7.96. The molecule has 22 heavy (non-hydrogen) atoms. The number of methoxy groups -OCH3 is 1. The van der Waals surface area contributed by atoms with Crippen molar-refractivity contribution in [2.45, 2.75) is 20.3 Å². The molecule has 0 atom stereocenters. The number of hydrogen-bond acceptors (Lipinski definition) is 6. The lowest BCUT2D eigenvalue weighted by Crippen LogP contribution is -2.34. The molecule has 118 valence electrons. The normalized spacial score (nSPS) is 10.9. The zero-order valence-electron chi connectivity index (χ0n) is 13.0. The van der Waals surface area contributed by atoms with Gasteiger partial charge in [0.2, 0.25) is 11.0 Å². The van der Waals surface area contributed by atoms with E-state index in [2.05, 4.69) is 15.2 Å². The second kappa shape index (κ2) is 7.95. The van der Waals surface area contributed by atoms with E-state index in [-0.39, 0.29) is 5.91 Å². The van der Waals surface area contributed by atoms with Gasteiger partial charge in [0.05, 0.1) is 13.2 Å². The summed E-state index contributed by atoms with van der Waals surface area (Å²) in [5.41, 5.74) is 0.946. The Morgan fingerprint density at radius 1 is 1.32 bits per heavy atom. The zero-order chi connectivity index (χ0) is 15.9. The van der Waals surface area contributed by atoms with Gasteiger partial charge in [0.25, 0.3) is 0 Å². The summed E-state index contributed by atoms with van der Waals surface area (Å²) in [6.45, 7) is 4.99. The van der Waals surface area contributed by atoms with Crippen LogP contribution in [0.2, 0.25) is 0 Å². The van der Waals surface area contributed by atoms with E-state index in [4.69, 9.17) is 4.74 Å². The Kier molecular flexibility index (Phi) is 5.97. The highest BCUT2D eigenvalue weighted by Gasteiger charge is 2.21. The van der Waals surface area contributed by atoms with Crippen molar-refractivity contribution in [2.24, 2.45) is 5.92 Å². The van der Waals surface area contributed by atoms with Gasteiger partial charge in [0.15, 0.2) is 0 Å². The van der Waals surface area contributed by atoms with Crippen LogP contribution in [0.25, 0.3) is 10.6 Å². The summed E-state index contributed by atoms with van der Waals surface area (Å²) in [4.78, 5) is 18.1. The van der Waals surface area contributed by atoms with Crippen LogP contribution in [0.3, 0.4) is 0 Å². The zero-order valence-corrected chi connectivity index (χ0v) is 13.8. The van der Waals surface area contributed by atoms with Gasteiger partial charge >= 0.3 is 0 Å². The number of amides is 1. The minimum Gasteiger partial charge on any atom is -0.383 e. The number of rotatable bonds is 7. The number of anilines is 1. The van der Waals surface area contributed by atoms with Crippen LogP contribution in [-0.2, 0) is 9.53 Å². The molecular formula is C15H20N4O2S. The van der Waals surface area contributed by atoms with Gasteiger partial charge in [-0.25, -0.2) is 0 Å². The van der Waals surface area contributed by atoms with Crippen LogP contribution in [0, 0.1) is 5.92 Å². The van der Waals surface area contributed by atoms with Gasteiger partial charge in [-0.1, -0.05) is 25.2 Å². The first-order valence-electron chi connectivity index (χ1n) is 7.15. The molecule has 2 aromatic rings. The SMILES string of the molecule is COCCN(C(=O)CC(C)C)c1nnc(-c2ccncc2)s1. The number of aromatic nitrogens is 3. The molecule has 0 saturated carbocycles. The van der Waals surface area contributed by atoms with Crippen molar-refractivity contribution in [3.8, 4) is 10.6 Å². The third kappa shape index (κ3) is 4.32. The minimum absolute atomic E-state index is 0.0458. The standard InChI is InChI=1S/C15H20N4O2S/c1-11(2)10-13(20)19(8-9-21-3)15-18-17-14(22-15)12-4-6-16-7-5-12/h4-7,11H,8-10H2,1-3H3. The fourth-order valence-corrected chi connectivity index (χ4v) is 2.80. The summed E-state index contributed by atoms with van der Waals surface area (Å²) in [6, 6.07) is 3.75. The molecule has 0 radical (unpaired) electrons. The third-order valence-corrected chi connectivity index (χ3v) is 3.97. The Morgan fingerprint density at radius 2 is 2.05 bits per heavy atom. The van der Waals surface area contributed by atoms with E-state index in [1.165, 1.54) is 11.3 Å². The predicted octanol–water partition coefficient (Wildman–Crippen LogP) is 2.63. The van der Waals surface area contributed by atoms with Gasteiger partial charge in [0.1, 0.15) is 5.01 Å². The molecule has 7 heteroatoms. The molecule has 0 unspecified atom stereocenters. The van der Waals surface area contributed by atoms with E-state index in [1.54, 1.807) is 24.4 Å². The molecule has 2 aromatic heterocycles. The highest BCUT2D eigenvalue weighted by molar-refractivity contribution is 7.18. The summed E-state index contributed by atoms with van der Waals surface area (Å²) < 4.78 is 5.09. The second-order valence-corrected chi connectivity index (χ2v) is 6.22. The lowest BCUT2D eigenvalue weighted by molar-refractivity contribution is -0.119. The molecule has 0 saturated heterocycles. The van der Waals surface area contributed by atoms with Crippen molar-refractivity contribution >= 4 is 22.4 Å². The first kappa shape index (κ1) is 16.5. The number of hydrogen-bond donors (Lipinski definition) is 0. The molecule has 0 fully saturated rings. The highest BCUT2D eigenvalue weighted by atomic mass is 32.1. The topological polar surface area (TPSA) is 68.2 Å². The number of pyridine rings is 1. The van der Waals surface area contributed by atoms with Crippen molar-refractivity contribution in [3.05, 3.63) is 24.5 Å². The Balaban J connectivity index is 2.20.